The van der Waals surface area contributed by atoms with Crippen LogP contribution in [0.5, 0.6) is 0 Å². The van der Waals surface area contributed by atoms with Gasteiger partial charge in [-0.3, -0.25) is 9.59 Å². The van der Waals surface area contributed by atoms with Crippen LogP contribution in [-0.2, 0) is 9.59 Å². The van der Waals surface area contributed by atoms with Gasteiger partial charge in [0.05, 0.1) is 5.41 Å². The van der Waals surface area contributed by atoms with Gasteiger partial charge in [-0.2, -0.15) is 0 Å². The molecule has 21 heavy (non-hydrogen) atoms. The molecule has 1 aliphatic heterocycles. The maximum Gasteiger partial charge on any atom is 0.317 e. The predicted octanol–water partition coefficient (Wildman–Crippen LogP) is 0.751. The van der Waals surface area contributed by atoms with E-state index in [2.05, 4.69) is 5.32 Å². The summed E-state index contributed by atoms with van der Waals surface area (Å²) in [7, 11) is 1.72. The van der Waals surface area contributed by atoms with Crippen LogP contribution in [-0.4, -0.2) is 66.0 Å². The van der Waals surface area contributed by atoms with Crippen molar-refractivity contribution in [3.63, 3.8) is 0 Å². The van der Waals surface area contributed by atoms with Gasteiger partial charge in [0.2, 0.25) is 5.91 Å². The second-order valence-electron chi connectivity index (χ2n) is 5.54. The zero-order chi connectivity index (χ0) is 16.0. The molecule has 1 saturated heterocycles. The number of hydrogen-bond donors (Lipinski definition) is 2. The average molecular weight is 299 g/mol. The van der Waals surface area contributed by atoms with E-state index in [-0.39, 0.29) is 25.0 Å². The van der Waals surface area contributed by atoms with Gasteiger partial charge in [0.15, 0.2) is 0 Å². The number of carboxylic acids is 1. The van der Waals surface area contributed by atoms with Crippen molar-refractivity contribution in [1.29, 1.82) is 0 Å². The molecule has 1 heterocycles. The maximum absolute atomic E-state index is 12.2. The fourth-order valence-electron chi connectivity index (χ4n) is 2.39. The topological polar surface area (TPSA) is 90.0 Å². The minimum absolute atomic E-state index is 0.0423. The van der Waals surface area contributed by atoms with E-state index < -0.39 is 11.4 Å². The molecule has 120 valence electrons. The van der Waals surface area contributed by atoms with Crippen LogP contribution in [0.1, 0.15) is 33.1 Å². The Labute approximate surface area is 125 Å². The van der Waals surface area contributed by atoms with Gasteiger partial charge in [0, 0.05) is 26.7 Å². The first kappa shape index (κ1) is 17.3. The second-order valence-corrected chi connectivity index (χ2v) is 5.54. The molecule has 0 aliphatic carbocycles. The van der Waals surface area contributed by atoms with Crippen LogP contribution < -0.4 is 5.32 Å². The first-order valence-corrected chi connectivity index (χ1v) is 7.36. The molecule has 3 amide bonds. The predicted molar refractivity (Wildman–Crippen MR) is 77.9 cm³/mol. The highest BCUT2D eigenvalue weighted by Crippen LogP contribution is 2.25. The molecule has 0 aromatic rings. The molecule has 1 fully saturated rings. The van der Waals surface area contributed by atoms with Crippen LogP contribution in [0.25, 0.3) is 0 Å². The fourth-order valence-corrected chi connectivity index (χ4v) is 2.39. The third-order valence-electron chi connectivity index (χ3n) is 4.35. The van der Waals surface area contributed by atoms with Crippen LogP contribution in [0.15, 0.2) is 0 Å². The zero-order valence-electron chi connectivity index (χ0n) is 13.0. The third kappa shape index (κ3) is 4.09. The number of carbonyl (C=O) groups is 3. The van der Waals surface area contributed by atoms with E-state index >= 15 is 0 Å². The SMILES string of the molecule is CCC(CC)(CNC(=O)N1CCCN(C)C(=O)C1)C(=O)O. The number of nitrogens with one attached hydrogen (secondary N) is 1. The Balaban J connectivity index is 2.64. The molecule has 0 bridgehead atoms. The second kappa shape index (κ2) is 7.28. The highest BCUT2D eigenvalue weighted by atomic mass is 16.4. The minimum Gasteiger partial charge on any atom is -0.481 e. The lowest BCUT2D eigenvalue weighted by molar-refractivity contribution is -0.149. The van der Waals surface area contributed by atoms with Gasteiger partial charge in [0.25, 0.3) is 0 Å². The summed E-state index contributed by atoms with van der Waals surface area (Å²) in [5.74, 6) is -1.00. The first-order chi connectivity index (χ1) is 9.86. The van der Waals surface area contributed by atoms with E-state index in [1.54, 1.807) is 25.8 Å². The Morgan fingerprint density at radius 2 is 1.90 bits per heavy atom. The van der Waals surface area contributed by atoms with E-state index in [0.717, 1.165) is 6.42 Å². The number of hydrogen-bond acceptors (Lipinski definition) is 3. The number of amides is 3. The van der Waals surface area contributed by atoms with Crippen molar-refractivity contribution in [2.75, 3.05) is 33.2 Å². The fraction of sp³-hybridized carbons (Fsp3) is 0.786. The largest absolute Gasteiger partial charge is 0.481 e. The first-order valence-electron chi connectivity index (χ1n) is 7.36. The van der Waals surface area contributed by atoms with Gasteiger partial charge in [-0.05, 0) is 19.3 Å². The summed E-state index contributed by atoms with van der Waals surface area (Å²) >= 11 is 0. The number of nitrogens with zero attached hydrogens (tertiary/aromatic N) is 2. The number of likely N-dealkylation sites (N-methyl/N-ethyl adjacent to an activating group) is 1. The molecule has 0 aromatic heterocycles. The molecule has 0 spiro atoms. The molecular weight excluding hydrogens is 274 g/mol. The summed E-state index contributed by atoms with van der Waals surface area (Å²) < 4.78 is 0. The summed E-state index contributed by atoms with van der Waals surface area (Å²) in [6, 6.07) is -0.369. The monoisotopic (exact) mass is 299 g/mol. The number of carboxylic acid groups (broad SMARTS) is 1. The van der Waals surface area contributed by atoms with Crippen molar-refractivity contribution in [2.45, 2.75) is 33.1 Å². The zero-order valence-corrected chi connectivity index (χ0v) is 13.0. The Bertz CT molecular complexity index is 407. The molecule has 1 aliphatic rings. The number of rotatable bonds is 5. The molecule has 0 atom stereocenters. The Morgan fingerprint density at radius 1 is 1.29 bits per heavy atom. The Hall–Kier alpha value is -1.79. The summed E-state index contributed by atoms with van der Waals surface area (Å²) in [4.78, 5) is 38.4. The summed E-state index contributed by atoms with van der Waals surface area (Å²) in [5.41, 5.74) is -0.942. The minimum atomic E-state index is -0.942. The molecule has 0 saturated carbocycles. The lowest BCUT2D eigenvalue weighted by Gasteiger charge is -2.28. The number of urea groups is 1. The normalized spacial score (nSPS) is 16.6. The van der Waals surface area contributed by atoms with Crippen molar-refractivity contribution < 1.29 is 19.5 Å². The lowest BCUT2D eigenvalue weighted by Crippen LogP contribution is -2.48. The molecule has 0 unspecified atom stereocenters. The Morgan fingerprint density at radius 3 is 2.43 bits per heavy atom. The lowest BCUT2D eigenvalue weighted by atomic mass is 9.82. The van der Waals surface area contributed by atoms with Crippen molar-refractivity contribution in [2.24, 2.45) is 5.41 Å². The standard InChI is InChI=1S/C14H25N3O4/c1-4-14(5-2,12(19)20)10-15-13(21)17-8-6-7-16(3)11(18)9-17/h4-10H2,1-3H3,(H,15,21)(H,19,20). The van der Waals surface area contributed by atoms with E-state index in [9.17, 15) is 19.5 Å². The molecule has 2 N–H and O–H groups in total. The van der Waals surface area contributed by atoms with Crippen molar-refractivity contribution in [3.05, 3.63) is 0 Å². The van der Waals surface area contributed by atoms with E-state index in [1.165, 1.54) is 4.90 Å². The van der Waals surface area contributed by atoms with Crippen LogP contribution in [0, 0.1) is 5.41 Å². The van der Waals surface area contributed by atoms with Crippen molar-refractivity contribution >= 4 is 17.9 Å². The summed E-state index contributed by atoms with van der Waals surface area (Å²) in [6.07, 6.45) is 1.61. The van der Waals surface area contributed by atoms with Gasteiger partial charge in [-0.15, -0.1) is 0 Å². The van der Waals surface area contributed by atoms with E-state index in [4.69, 9.17) is 0 Å². The van der Waals surface area contributed by atoms with E-state index in [0.29, 0.717) is 25.9 Å². The highest BCUT2D eigenvalue weighted by molar-refractivity contribution is 5.84. The molecule has 1 rings (SSSR count). The van der Waals surface area contributed by atoms with Gasteiger partial charge >= 0.3 is 12.0 Å². The maximum atomic E-state index is 12.2. The quantitative estimate of drug-likeness (QED) is 0.784. The van der Waals surface area contributed by atoms with Gasteiger partial charge in [-0.25, -0.2) is 4.79 Å². The third-order valence-corrected chi connectivity index (χ3v) is 4.35. The van der Waals surface area contributed by atoms with Gasteiger partial charge < -0.3 is 20.2 Å². The van der Waals surface area contributed by atoms with Crippen LogP contribution >= 0.6 is 0 Å². The molecular formula is C14H25N3O4. The number of carbonyl (C=O) groups excluding carboxylic acids is 2. The average Bonchev–Trinajstić information content (AvgIpc) is 2.62. The van der Waals surface area contributed by atoms with Gasteiger partial charge in [-0.1, -0.05) is 13.8 Å². The van der Waals surface area contributed by atoms with E-state index in [1.807, 2.05) is 0 Å². The smallest absolute Gasteiger partial charge is 0.317 e. The highest BCUT2D eigenvalue weighted by Gasteiger charge is 2.35. The Kier molecular flexibility index (Phi) is 5.99. The van der Waals surface area contributed by atoms with Crippen LogP contribution in [0.2, 0.25) is 0 Å². The van der Waals surface area contributed by atoms with Crippen molar-refractivity contribution in [3.8, 4) is 0 Å². The number of aliphatic carboxylic acids is 1. The molecule has 0 radical (unpaired) electrons. The molecule has 0 aromatic carbocycles. The molecule has 7 nitrogen and oxygen atoms in total. The van der Waals surface area contributed by atoms with Crippen molar-refractivity contribution in [1.82, 2.24) is 15.1 Å². The van der Waals surface area contributed by atoms with Gasteiger partial charge in [0.1, 0.15) is 6.54 Å². The van der Waals surface area contributed by atoms with Crippen LogP contribution in [0.3, 0.4) is 0 Å². The van der Waals surface area contributed by atoms with Crippen LogP contribution in [0.4, 0.5) is 4.79 Å². The summed E-state index contributed by atoms with van der Waals surface area (Å²) in [6.45, 7) is 4.85. The summed E-state index contributed by atoms with van der Waals surface area (Å²) in [5, 5.41) is 12.0. The molecule has 7 heteroatoms.